The predicted molar refractivity (Wildman–Crippen MR) is 135 cm³/mol. The molecule has 1 fully saturated rings. The number of carbonyl (C=O) groups excluding carboxylic acids is 1. The van der Waals surface area contributed by atoms with Gasteiger partial charge in [0.05, 0.1) is 24.0 Å². The van der Waals surface area contributed by atoms with Crippen LogP contribution in [0.2, 0.25) is 0 Å². The molecule has 0 bridgehead atoms. The summed E-state index contributed by atoms with van der Waals surface area (Å²) in [4.78, 5) is 27.9. The van der Waals surface area contributed by atoms with Crippen molar-refractivity contribution >= 4 is 29.0 Å². The lowest BCUT2D eigenvalue weighted by Gasteiger charge is -2.17. The Bertz CT molecular complexity index is 1530. The van der Waals surface area contributed by atoms with Crippen molar-refractivity contribution in [1.29, 1.82) is 0 Å². The van der Waals surface area contributed by atoms with Gasteiger partial charge in [0.1, 0.15) is 5.82 Å². The Hall–Kier alpha value is -4.22. The second kappa shape index (κ2) is 8.96. The molecule has 38 heavy (non-hydrogen) atoms. The Kier molecular flexibility index (Phi) is 5.69. The molecule has 2 atom stereocenters. The summed E-state index contributed by atoms with van der Waals surface area (Å²) in [5.74, 6) is 0.966. The quantitative estimate of drug-likeness (QED) is 0.390. The van der Waals surface area contributed by atoms with E-state index in [9.17, 15) is 18.0 Å². The van der Waals surface area contributed by atoms with E-state index in [-0.39, 0.29) is 23.6 Å². The summed E-state index contributed by atoms with van der Waals surface area (Å²) in [5.41, 5.74) is 3.46. The highest BCUT2D eigenvalue weighted by atomic mass is 19.4. The Labute approximate surface area is 216 Å². The van der Waals surface area contributed by atoms with Gasteiger partial charge in [-0.05, 0) is 63.4 Å². The minimum Gasteiger partial charge on any atom is -0.367 e. The van der Waals surface area contributed by atoms with Crippen molar-refractivity contribution in [3.63, 3.8) is 0 Å². The lowest BCUT2D eigenvalue weighted by molar-refractivity contribution is -0.137. The van der Waals surface area contributed by atoms with Crippen LogP contribution in [0.15, 0.2) is 42.7 Å². The number of carbonyl (C=O) groups is 1. The van der Waals surface area contributed by atoms with E-state index in [0.717, 1.165) is 54.0 Å². The average molecular weight is 523 g/mol. The van der Waals surface area contributed by atoms with Crippen LogP contribution in [0.4, 0.5) is 30.6 Å². The van der Waals surface area contributed by atoms with Gasteiger partial charge in [-0.1, -0.05) is 0 Å². The van der Waals surface area contributed by atoms with Gasteiger partial charge in [-0.15, -0.1) is 5.10 Å². The minimum absolute atomic E-state index is 0.0454. The molecule has 0 unspecified atom stereocenters. The van der Waals surface area contributed by atoms with Crippen LogP contribution in [0, 0.1) is 13.8 Å². The summed E-state index contributed by atoms with van der Waals surface area (Å²) in [7, 11) is 0. The van der Waals surface area contributed by atoms with Gasteiger partial charge in [0.25, 0.3) is 5.91 Å². The fraction of sp³-hybridized carbons (Fsp3) is 0.346. The van der Waals surface area contributed by atoms with E-state index in [0.29, 0.717) is 23.9 Å². The fourth-order valence-electron chi connectivity index (χ4n) is 5.22. The molecule has 1 aliphatic carbocycles. The summed E-state index contributed by atoms with van der Waals surface area (Å²) in [6, 6.07) is 7.79. The number of fused-ring (bicyclic) bond motifs is 2. The van der Waals surface area contributed by atoms with Gasteiger partial charge in [0.15, 0.2) is 5.65 Å². The van der Waals surface area contributed by atoms with E-state index in [1.54, 1.807) is 11.1 Å². The Balaban J connectivity index is 1.07. The standard InChI is InChI=1S/C26H25F3N8O/c1-14-9-20-21(15(2)31-14)13-36(24(20)38)19-5-6-22(30-12-19)32-17-3-4-18(11-17)33-25-34-23-10-16(26(27,28)29)7-8-37(23)35-25/h5-10,12,17-18H,3-4,11,13H2,1-2H3,(H,30,32)(H,33,35)/t17-,18-/m0/s1. The zero-order valence-corrected chi connectivity index (χ0v) is 20.8. The van der Waals surface area contributed by atoms with Gasteiger partial charge in [-0.3, -0.25) is 9.78 Å². The van der Waals surface area contributed by atoms with Crippen LogP contribution in [-0.4, -0.2) is 42.6 Å². The normalized spacial score (nSPS) is 19.3. The Morgan fingerprint density at radius 3 is 2.55 bits per heavy atom. The molecule has 6 rings (SSSR count). The third-order valence-corrected chi connectivity index (χ3v) is 7.09. The summed E-state index contributed by atoms with van der Waals surface area (Å²) in [6.07, 6.45) is 1.05. The van der Waals surface area contributed by atoms with Gasteiger partial charge >= 0.3 is 6.18 Å². The first-order valence-electron chi connectivity index (χ1n) is 12.4. The van der Waals surface area contributed by atoms with E-state index in [1.807, 2.05) is 32.0 Å². The van der Waals surface area contributed by atoms with E-state index in [1.165, 1.54) is 10.7 Å². The molecule has 4 aromatic heterocycles. The Morgan fingerprint density at radius 1 is 1.03 bits per heavy atom. The topological polar surface area (TPSA) is 100 Å². The van der Waals surface area contributed by atoms with Crippen molar-refractivity contribution in [2.75, 3.05) is 15.5 Å². The fourth-order valence-corrected chi connectivity index (χ4v) is 5.22. The van der Waals surface area contributed by atoms with Crippen molar-refractivity contribution in [2.45, 2.75) is 57.9 Å². The van der Waals surface area contributed by atoms with Crippen LogP contribution in [0.25, 0.3) is 5.65 Å². The molecule has 1 aliphatic heterocycles. The van der Waals surface area contributed by atoms with E-state index in [2.05, 4.69) is 30.7 Å². The SMILES string of the molecule is Cc1cc2c(c(C)n1)CN(c1ccc(N[C@H]3CC[C@H](Nc4nc5cc(C(F)(F)F)ccn5n4)C3)nc1)C2=O. The van der Waals surface area contributed by atoms with Crippen molar-refractivity contribution in [3.05, 3.63) is 70.8 Å². The number of hydrogen-bond acceptors (Lipinski definition) is 7. The number of amides is 1. The second-order valence-corrected chi connectivity index (χ2v) is 9.82. The number of aryl methyl sites for hydroxylation is 2. The zero-order valence-electron chi connectivity index (χ0n) is 20.8. The summed E-state index contributed by atoms with van der Waals surface area (Å²) in [6.45, 7) is 4.29. The molecule has 5 heterocycles. The van der Waals surface area contributed by atoms with Crippen LogP contribution in [0.5, 0.6) is 0 Å². The van der Waals surface area contributed by atoms with E-state index in [4.69, 9.17) is 0 Å². The molecule has 12 heteroatoms. The van der Waals surface area contributed by atoms with Crippen molar-refractivity contribution in [2.24, 2.45) is 0 Å². The summed E-state index contributed by atoms with van der Waals surface area (Å²) < 4.78 is 40.2. The largest absolute Gasteiger partial charge is 0.416 e. The predicted octanol–water partition coefficient (Wildman–Crippen LogP) is 4.76. The molecule has 196 valence electrons. The molecule has 2 N–H and O–H groups in total. The summed E-state index contributed by atoms with van der Waals surface area (Å²) in [5, 5.41) is 10.9. The first-order chi connectivity index (χ1) is 18.1. The van der Waals surface area contributed by atoms with Crippen molar-refractivity contribution in [3.8, 4) is 0 Å². The molecule has 0 aromatic carbocycles. The number of rotatable bonds is 5. The lowest BCUT2D eigenvalue weighted by Crippen LogP contribution is -2.24. The van der Waals surface area contributed by atoms with Crippen molar-refractivity contribution in [1.82, 2.24) is 24.6 Å². The number of anilines is 3. The Morgan fingerprint density at radius 2 is 1.82 bits per heavy atom. The number of aromatic nitrogens is 5. The first kappa shape index (κ1) is 24.1. The van der Waals surface area contributed by atoms with Gasteiger partial charge in [-0.25, -0.2) is 9.50 Å². The number of alkyl halides is 3. The van der Waals surface area contributed by atoms with E-state index < -0.39 is 11.7 Å². The van der Waals surface area contributed by atoms with Gasteiger partial charge < -0.3 is 15.5 Å². The highest BCUT2D eigenvalue weighted by Crippen LogP contribution is 2.32. The number of hydrogen-bond donors (Lipinski definition) is 2. The highest BCUT2D eigenvalue weighted by molar-refractivity contribution is 6.10. The molecule has 9 nitrogen and oxygen atoms in total. The van der Waals surface area contributed by atoms with Gasteiger partial charge in [-0.2, -0.15) is 18.2 Å². The molecule has 1 saturated carbocycles. The highest BCUT2D eigenvalue weighted by Gasteiger charge is 2.32. The molecular formula is C26H25F3N8O. The minimum atomic E-state index is -4.43. The van der Waals surface area contributed by atoms with Gasteiger partial charge in [0.2, 0.25) is 5.95 Å². The van der Waals surface area contributed by atoms with Crippen LogP contribution >= 0.6 is 0 Å². The van der Waals surface area contributed by atoms with Gasteiger partial charge in [0, 0.05) is 40.8 Å². The second-order valence-electron chi connectivity index (χ2n) is 9.82. The number of nitrogens with zero attached hydrogens (tertiary/aromatic N) is 6. The van der Waals surface area contributed by atoms with Crippen LogP contribution in [0.1, 0.15) is 52.1 Å². The van der Waals surface area contributed by atoms with Crippen molar-refractivity contribution < 1.29 is 18.0 Å². The average Bonchev–Trinajstić information content (AvgIpc) is 3.56. The third-order valence-electron chi connectivity index (χ3n) is 7.09. The monoisotopic (exact) mass is 522 g/mol. The molecule has 4 aromatic rings. The lowest BCUT2D eigenvalue weighted by atomic mass is 10.1. The number of nitrogens with one attached hydrogen (secondary N) is 2. The number of pyridine rings is 3. The maximum absolute atomic E-state index is 13.0. The smallest absolute Gasteiger partial charge is 0.367 e. The number of halogens is 3. The molecular weight excluding hydrogens is 497 g/mol. The zero-order chi connectivity index (χ0) is 26.6. The van der Waals surface area contributed by atoms with Crippen LogP contribution in [-0.2, 0) is 12.7 Å². The molecule has 2 aliphatic rings. The van der Waals surface area contributed by atoms with Crippen LogP contribution in [0.3, 0.4) is 0 Å². The maximum atomic E-state index is 13.0. The molecule has 0 saturated heterocycles. The molecule has 1 amide bonds. The van der Waals surface area contributed by atoms with E-state index >= 15 is 0 Å². The summed E-state index contributed by atoms with van der Waals surface area (Å²) >= 11 is 0. The third kappa shape index (κ3) is 4.50. The first-order valence-corrected chi connectivity index (χ1v) is 12.4. The molecule has 0 spiro atoms. The maximum Gasteiger partial charge on any atom is 0.416 e. The van der Waals surface area contributed by atoms with Crippen LogP contribution < -0.4 is 15.5 Å². The molecule has 0 radical (unpaired) electrons.